The van der Waals surface area contributed by atoms with Crippen LogP contribution in [0.2, 0.25) is 0 Å². The van der Waals surface area contributed by atoms with Crippen molar-refractivity contribution in [2.45, 2.75) is 51.0 Å². The third-order valence-electron chi connectivity index (χ3n) is 5.47. The molecule has 1 amide bonds. The number of hydrogen-bond donors (Lipinski definition) is 2. The lowest BCUT2D eigenvalue weighted by atomic mass is 10.1. The first-order valence-electron chi connectivity index (χ1n) is 11.3. The minimum Gasteiger partial charge on any atom is -0.379 e. The maximum Gasteiger partial charge on any atom is 0.243 e. The summed E-state index contributed by atoms with van der Waals surface area (Å²) in [6.45, 7) is 7.06. The summed E-state index contributed by atoms with van der Waals surface area (Å²) in [6, 6.07) is 0. The van der Waals surface area contributed by atoms with Gasteiger partial charge >= 0.3 is 0 Å². The van der Waals surface area contributed by atoms with Crippen molar-refractivity contribution in [3.63, 3.8) is 0 Å². The van der Waals surface area contributed by atoms with Gasteiger partial charge < -0.3 is 25.0 Å². The van der Waals surface area contributed by atoms with Crippen LogP contribution in [0.4, 0.5) is 0 Å². The van der Waals surface area contributed by atoms with Crippen molar-refractivity contribution < 1.29 is 14.3 Å². The number of aliphatic imine (C=N–C) groups is 1. The molecule has 1 saturated heterocycles. The average molecular weight is 540 g/mol. The molecular formula is C21H42IN5O3. The molecule has 0 spiro atoms. The Kier molecular flexibility index (Phi) is 15.5. The Morgan fingerprint density at radius 3 is 2.43 bits per heavy atom. The number of nitrogens with zero attached hydrogens (tertiary/aromatic N) is 3. The van der Waals surface area contributed by atoms with Gasteiger partial charge in [0.2, 0.25) is 5.91 Å². The minimum absolute atomic E-state index is 0. The fourth-order valence-corrected chi connectivity index (χ4v) is 3.60. The van der Waals surface area contributed by atoms with Gasteiger partial charge in [0.25, 0.3) is 0 Å². The number of guanidine groups is 1. The van der Waals surface area contributed by atoms with E-state index >= 15 is 0 Å². The number of rotatable bonds is 10. The van der Waals surface area contributed by atoms with E-state index in [-0.39, 0.29) is 36.4 Å². The highest BCUT2D eigenvalue weighted by Crippen LogP contribution is 2.19. The molecule has 1 saturated carbocycles. The molecule has 0 atom stereocenters. The van der Waals surface area contributed by atoms with E-state index in [2.05, 4.69) is 20.5 Å². The smallest absolute Gasteiger partial charge is 0.243 e. The molecule has 2 rings (SSSR count). The van der Waals surface area contributed by atoms with Gasteiger partial charge in [0.1, 0.15) is 6.54 Å². The summed E-state index contributed by atoms with van der Waals surface area (Å²) < 4.78 is 11.4. The zero-order valence-electron chi connectivity index (χ0n) is 18.9. The second-order valence-corrected chi connectivity index (χ2v) is 8.10. The summed E-state index contributed by atoms with van der Waals surface area (Å²) >= 11 is 0. The van der Waals surface area contributed by atoms with E-state index in [1.807, 2.05) is 0 Å². The first-order chi connectivity index (χ1) is 14.1. The topological polar surface area (TPSA) is 78.4 Å². The van der Waals surface area contributed by atoms with Crippen LogP contribution in [0.3, 0.4) is 0 Å². The second kappa shape index (κ2) is 17.0. The highest BCUT2D eigenvalue weighted by atomic mass is 127. The highest BCUT2D eigenvalue weighted by molar-refractivity contribution is 14.0. The summed E-state index contributed by atoms with van der Waals surface area (Å²) in [5.41, 5.74) is 0. The quantitative estimate of drug-likeness (QED) is 0.145. The summed E-state index contributed by atoms with van der Waals surface area (Å²) in [7, 11) is 3.50. The van der Waals surface area contributed by atoms with Crippen LogP contribution in [0.1, 0.15) is 44.9 Å². The van der Waals surface area contributed by atoms with Crippen molar-refractivity contribution in [3.05, 3.63) is 0 Å². The molecule has 2 N–H and O–H groups in total. The Morgan fingerprint density at radius 1 is 1.10 bits per heavy atom. The summed E-state index contributed by atoms with van der Waals surface area (Å²) in [6.07, 6.45) is 9.02. The molecule has 1 heterocycles. The molecule has 8 nitrogen and oxygen atoms in total. The number of carbonyl (C=O) groups is 1. The largest absolute Gasteiger partial charge is 0.379 e. The van der Waals surface area contributed by atoms with Gasteiger partial charge in [0.15, 0.2) is 5.96 Å². The molecule has 1 aliphatic heterocycles. The summed E-state index contributed by atoms with van der Waals surface area (Å²) in [5.74, 6) is 0.681. The lowest BCUT2D eigenvalue weighted by Gasteiger charge is -2.26. The maximum atomic E-state index is 11.9. The van der Waals surface area contributed by atoms with E-state index in [9.17, 15) is 4.79 Å². The molecule has 0 aromatic carbocycles. The lowest BCUT2D eigenvalue weighted by Crippen LogP contribution is -2.42. The van der Waals surface area contributed by atoms with Crippen molar-refractivity contribution in [1.82, 2.24) is 20.4 Å². The van der Waals surface area contributed by atoms with Crippen LogP contribution in [-0.4, -0.2) is 101 Å². The van der Waals surface area contributed by atoms with E-state index in [4.69, 9.17) is 9.47 Å². The number of ether oxygens (including phenoxy) is 2. The Morgan fingerprint density at radius 2 is 1.77 bits per heavy atom. The van der Waals surface area contributed by atoms with Gasteiger partial charge in [-0.25, -0.2) is 4.99 Å². The summed E-state index contributed by atoms with van der Waals surface area (Å²) in [5, 5.41) is 6.67. The standard InChI is InChI=1S/C21H41N5O3.HI/c1-25(2)20(27)18-24-21(22-10-7-12-26-13-16-28-17-14-26)23-11-15-29-19-8-5-3-4-6-9-19;/h19H,3-18H2,1-2H3,(H2,22,23,24);1H. The van der Waals surface area contributed by atoms with Crippen molar-refractivity contribution >= 4 is 35.8 Å². The molecule has 0 bridgehead atoms. The Labute approximate surface area is 199 Å². The molecule has 0 radical (unpaired) electrons. The number of hydrogen-bond acceptors (Lipinski definition) is 5. The van der Waals surface area contributed by atoms with Gasteiger partial charge in [-0.05, 0) is 25.8 Å². The van der Waals surface area contributed by atoms with Gasteiger partial charge in [0.05, 0.1) is 25.9 Å². The van der Waals surface area contributed by atoms with Crippen molar-refractivity contribution in [2.24, 2.45) is 4.99 Å². The highest BCUT2D eigenvalue weighted by Gasteiger charge is 2.13. The van der Waals surface area contributed by atoms with E-state index in [0.717, 1.165) is 45.8 Å². The number of amides is 1. The van der Waals surface area contributed by atoms with Crippen LogP contribution in [0.25, 0.3) is 0 Å². The Balaban J connectivity index is 0.00000450. The van der Waals surface area contributed by atoms with Crippen LogP contribution in [-0.2, 0) is 14.3 Å². The predicted octanol–water partition coefficient (Wildman–Crippen LogP) is 1.69. The molecular weight excluding hydrogens is 497 g/mol. The first kappa shape index (κ1) is 27.4. The van der Waals surface area contributed by atoms with Crippen LogP contribution in [0.5, 0.6) is 0 Å². The van der Waals surface area contributed by atoms with Crippen LogP contribution >= 0.6 is 24.0 Å². The summed E-state index contributed by atoms with van der Waals surface area (Å²) in [4.78, 5) is 20.3. The zero-order chi connectivity index (χ0) is 20.7. The second-order valence-electron chi connectivity index (χ2n) is 8.10. The third-order valence-corrected chi connectivity index (χ3v) is 5.47. The van der Waals surface area contributed by atoms with Crippen LogP contribution in [0.15, 0.2) is 4.99 Å². The van der Waals surface area contributed by atoms with E-state index in [1.165, 1.54) is 38.5 Å². The Hall–Kier alpha value is -0.650. The zero-order valence-corrected chi connectivity index (χ0v) is 21.2. The third kappa shape index (κ3) is 12.3. The fraction of sp³-hybridized carbons (Fsp3) is 0.905. The normalized spacial score (nSPS) is 18.9. The number of morpholine rings is 1. The molecule has 0 aromatic rings. The van der Waals surface area contributed by atoms with Gasteiger partial charge in [-0.2, -0.15) is 0 Å². The fourth-order valence-electron chi connectivity index (χ4n) is 3.60. The molecule has 9 heteroatoms. The van der Waals surface area contributed by atoms with Gasteiger partial charge in [-0.1, -0.05) is 25.7 Å². The SMILES string of the molecule is CN(C)C(=O)CN=C(NCCCN1CCOCC1)NCCOC1CCCCCC1.I. The van der Waals surface area contributed by atoms with E-state index < -0.39 is 0 Å². The molecule has 176 valence electrons. The van der Waals surface area contributed by atoms with Crippen LogP contribution in [0, 0.1) is 0 Å². The molecule has 30 heavy (non-hydrogen) atoms. The average Bonchev–Trinajstić information content (AvgIpc) is 3.01. The molecule has 2 aliphatic rings. The Bertz CT molecular complexity index is 479. The van der Waals surface area contributed by atoms with Crippen LogP contribution < -0.4 is 10.6 Å². The monoisotopic (exact) mass is 539 g/mol. The van der Waals surface area contributed by atoms with E-state index in [1.54, 1.807) is 19.0 Å². The number of carbonyl (C=O) groups excluding carboxylic acids is 1. The maximum absolute atomic E-state index is 11.9. The molecule has 0 unspecified atom stereocenters. The predicted molar refractivity (Wildman–Crippen MR) is 132 cm³/mol. The van der Waals surface area contributed by atoms with Crippen molar-refractivity contribution in [1.29, 1.82) is 0 Å². The van der Waals surface area contributed by atoms with Crippen molar-refractivity contribution in [2.75, 3.05) is 73.2 Å². The number of halogens is 1. The number of likely N-dealkylation sites (N-methyl/N-ethyl adjacent to an activating group) is 1. The van der Waals surface area contributed by atoms with E-state index in [0.29, 0.717) is 25.2 Å². The van der Waals surface area contributed by atoms with Gasteiger partial charge in [0, 0.05) is 40.3 Å². The molecule has 1 aliphatic carbocycles. The van der Waals surface area contributed by atoms with Crippen molar-refractivity contribution in [3.8, 4) is 0 Å². The van der Waals surface area contributed by atoms with Gasteiger partial charge in [-0.3, -0.25) is 9.69 Å². The minimum atomic E-state index is -0.00544. The molecule has 0 aromatic heterocycles. The first-order valence-corrected chi connectivity index (χ1v) is 11.3. The number of nitrogens with one attached hydrogen (secondary N) is 2. The lowest BCUT2D eigenvalue weighted by molar-refractivity contribution is -0.127. The van der Waals surface area contributed by atoms with Gasteiger partial charge in [-0.15, -0.1) is 24.0 Å². The molecule has 2 fully saturated rings.